The predicted molar refractivity (Wildman–Crippen MR) is 64.0 cm³/mol. The summed E-state index contributed by atoms with van der Waals surface area (Å²) in [6.07, 6.45) is 4.46. The van der Waals surface area contributed by atoms with Crippen LogP contribution in [0.25, 0.3) is 0 Å². The van der Waals surface area contributed by atoms with Crippen LogP contribution in [0, 0.1) is 5.41 Å². The van der Waals surface area contributed by atoms with E-state index < -0.39 is 0 Å². The first-order chi connectivity index (χ1) is 7.22. The van der Waals surface area contributed by atoms with Crippen LogP contribution in [0.2, 0.25) is 0 Å². The molecular formula is C11H21NO2S. The third-order valence-corrected chi connectivity index (χ3v) is 3.87. The molecule has 0 spiro atoms. The molecule has 1 aliphatic rings. The Morgan fingerprint density at radius 3 is 2.80 bits per heavy atom. The first-order valence-electron chi connectivity index (χ1n) is 5.68. The quantitative estimate of drug-likeness (QED) is 0.621. The van der Waals surface area contributed by atoms with Gasteiger partial charge in [0, 0.05) is 12.0 Å². The highest BCUT2D eigenvalue weighted by atomic mass is 32.2. The predicted octanol–water partition coefficient (Wildman–Crippen LogP) is 1.41. The molecule has 0 aromatic rings. The summed E-state index contributed by atoms with van der Waals surface area (Å²) in [6, 6.07) is 0. The fraction of sp³-hybridized carbons (Fsp3) is 0.909. The lowest BCUT2D eigenvalue weighted by atomic mass is 10.1. The molecule has 0 atom stereocenters. The lowest BCUT2D eigenvalue weighted by molar-refractivity contribution is -0.118. The highest BCUT2D eigenvalue weighted by Gasteiger charge is 2.41. The third kappa shape index (κ3) is 4.89. The molecule has 0 saturated heterocycles. The van der Waals surface area contributed by atoms with E-state index in [-0.39, 0.29) is 17.9 Å². The number of carbonyl (C=O) groups is 1. The molecule has 2 N–H and O–H groups in total. The number of carbonyl (C=O) groups excluding carboxylic acids is 1. The van der Waals surface area contributed by atoms with Crippen LogP contribution in [0.15, 0.2) is 0 Å². The lowest BCUT2D eigenvalue weighted by Crippen LogP contribution is -2.33. The van der Waals surface area contributed by atoms with Crippen molar-refractivity contribution in [1.82, 2.24) is 5.32 Å². The number of unbranched alkanes of at least 4 members (excludes halogenated alkanes) is 1. The Labute approximate surface area is 96.0 Å². The summed E-state index contributed by atoms with van der Waals surface area (Å²) in [5, 5.41) is 12.0. The largest absolute Gasteiger partial charge is 0.396 e. The number of nitrogens with one attached hydrogen (secondary N) is 1. The maximum absolute atomic E-state index is 11.4. The van der Waals surface area contributed by atoms with E-state index in [1.54, 1.807) is 11.8 Å². The SMILES string of the molecule is CCCCSCC(=O)NCC1(CO)CC1. The van der Waals surface area contributed by atoms with Gasteiger partial charge in [-0.2, -0.15) is 11.8 Å². The summed E-state index contributed by atoms with van der Waals surface area (Å²) in [5.41, 5.74) is 0.0315. The van der Waals surface area contributed by atoms with Crippen molar-refractivity contribution in [3.8, 4) is 0 Å². The summed E-state index contributed by atoms with van der Waals surface area (Å²) in [5.74, 6) is 1.73. The zero-order valence-electron chi connectivity index (χ0n) is 9.42. The molecule has 0 aliphatic heterocycles. The summed E-state index contributed by atoms with van der Waals surface area (Å²) in [4.78, 5) is 11.4. The monoisotopic (exact) mass is 231 g/mol. The second kappa shape index (κ2) is 6.38. The van der Waals surface area contributed by atoms with Crippen LogP contribution in [-0.2, 0) is 4.79 Å². The standard InChI is InChI=1S/C11H21NO2S/c1-2-3-6-15-7-10(14)12-8-11(9-13)4-5-11/h13H,2-9H2,1H3,(H,12,14). The van der Waals surface area contributed by atoms with Gasteiger partial charge in [0.2, 0.25) is 5.91 Å². The van der Waals surface area contributed by atoms with Gasteiger partial charge in [0.25, 0.3) is 0 Å². The number of amides is 1. The van der Waals surface area contributed by atoms with Crippen LogP contribution in [0.3, 0.4) is 0 Å². The molecule has 88 valence electrons. The van der Waals surface area contributed by atoms with Gasteiger partial charge in [-0.1, -0.05) is 13.3 Å². The van der Waals surface area contributed by atoms with E-state index in [2.05, 4.69) is 12.2 Å². The average Bonchev–Trinajstić information content (AvgIpc) is 3.02. The van der Waals surface area contributed by atoms with Gasteiger partial charge in [-0.25, -0.2) is 0 Å². The third-order valence-electron chi connectivity index (χ3n) is 2.83. The van der Waals surface area contributed by atoms with Crippen LogP contribution in [0.5, 0.6) is 0 Å². The average molecular weight is 231 g/mol. The number of rotatable bonds is 8. The van der Waals surface area contributed by atoms with Crippen LogP contribution in [-0.4, -0.2) is 35.7 Å². The maximum Gasteiger partial charge on any atom is 0.230 e. The molecule has 4 heteroatoms. The van der Waals surface area contributed by atoms with Crippen molar-refractivity contribution in [1.29, 1.82) is 0 Å². The normalized spacial score (nSPS) is 17.5. The van der Waals surface area contributed by atoms with E-state index in [9.17, 15) is 4.79 Å². The van der Waals surface area contributed by atoms with Crippen molar-refractivity contribution in [2.75, 3.05) is 24.7 Å². The Hall–Kier alpha value is -0.220. The van der Waals surface area contributed by atoms with Gasteiger partial charge < -0.3 is 10.4 Å². The minimum Gasteiger partial charge on any atom is -0.396 e. The number of hydrogen-bond donors (Lipinski definition) is 2. The lowest BCUT2D eigenvalue weighted by Gasteiger charge is -2.12. The molecule has 1 saturated carbocycles. The number of hydrogen-bond acceptors (Lipinski definition) is 3. The van der Waals surface area contributed by atoms with Gasteiger partial charge in [0.05, 0.1) is 12.4 Å². The molecule has 15 heavy (non-hydrogen) atoms. The smallest absolute Gasteiger partial charge is 0.230 e. The molecule has 1 aliphatic carbocycles. The fourth-order valence-corrected chi connectivity index (χ4v) is 2.24. The van der Waals surface area contributed by atoms with E-state index in [0.29, 0.717) is 12.3 Å². The van der Waals surface area contributed by atoms with E-state index in [1.165, 1.54) is 12.8 Å². The summed E-state index contributed by atoms with van der Waals surface area (Å²) in [7, 11) is 0. The topological polar surface area (TPSA) is 49.3 Å². The van der Waals surface area contributed by atoms with Gasteiger partial charge in [-0.15, -0.1) is 0 Å². The highest BCUT2D eigenvalue weighted by Crippen LogP contribution is 2.44. The Morgan fingerprint density at radius 2 is 2.27 bits per heavy atom. The summed E-state index contributed by atoms with van der Waals surface area (Å²) in [6.45, 7) is 3.01. The van der Waals surface area contributed by atoms with Gasteiger partial charge >= 0.3 is 0 Å². The van der Waals surface area contributed by atoms with Crippen molar-refractivity contribution < 1.29 is 9.90 Å². The van der Waals surface area contributed by atoms with Crippen molar-refractivity contribution in [3.63, 3.8) is 0 Å². The Bertz CT molecular complexity index is 205. The van der Waals surface area contributed by atoms with Gasteiger partial charge in [0.1, 0.15) is 0 Å². The van der Waals surface area contributed by atoms with Crippen LogP contribution >= 0.6 is 11.8 Å². The van der Waals surface area contributed by atoms with E-state index in [0.717, 1.165) is 18.6 Å². The van der Waals surface area contributed by atoms with Gasteiger partial charge in [-0.3, -0.25) is 4.79 Å². The van der Waals surface area contributed by atoms with Gasteiger partial charge in [0.15, 0.2) is 0 Å². The number of thioether (sulfide) groups is 1. The first kappa shape index (κ1) is 12.8. The van der Waals surface area contributed by atoms with Crippen molar-refractivity contribution in [2.24, 2.45) is 5.41 Å². The van der Waals surface area contributed by atoms with Crippen molar-refractivity contribution in [2.45, 2.75) is 32.6 Å². The summed E-state index contributed by atoms with van der Waals surface area (Å²) >= 11 is 1.69. The summed E-state index contributed by atoms with van der Waals surface area (Å²) < 4.78 is 0. The molecule has 0 unspecified atom stereocenters. The fourth-order valence-electron chi connectivity index (χ4n) is 1.32. The highest BCUT2D eigenvalue weighted by molar-refractivity contribution is 7.99. The second-order valence-corrected chi connectivity index (χ2v) is 5.45. The Morgan fingerprint density at radius 1 is 1.53 bits per heavy atom. The minimum absolute atomic E-state index is 0.0315. The zero-order valence-corrected chi connectivity index (χ0v) is 10.2. The van der Waals surface area contributed by atoms with Crippen LogP contribution < -0.4 is 5.32 Å². The molecule has 0 radical (unpaired) electrons. The number of aliphatic hydroxyl groups excluding tert-OH is 1. The molecule has 1 amide bonds. The van der Waals surface area contributed by atoms with Crippen molar-refractivity contribution in [3.05, 3.63) is 0 Å². The Kier molecular flexibility index (Phi) is 5.47. The molecule has 0 aromatic heterocycles. The van der Waals surface area contributed by atoms with E-state index >= 15 is 0 Å². The maximum atomic E-state index is 11.4. The molecule has 0 heterocycles. The van der Waals surface area contributed by atoms with E-state index in [4.69, 9.17) is 5.11 Å². The molecular weight excluding hydrogens is 210 g/mol. The van der Waals surface area contributed by atoms with Gasteiger partial charge in [-0.05, 0) is 25.0 Å². The van der Waals surface area contributed by atoms with Crippen LogP contribution in [0.1, 0.15) is 32.6 Å². The van der Waals surface area contributed by atoms with Crippen molar-refractivity contribution >= 4 is 17.7 Å². The molecule has 3 nitrogen and oxygen atoms in total. The zero-order chi connectivity index (χ0) is 11.1. The Balaban J connectivity index is 1.99. The molecule has 0 bridgehead atoms. The molecule has 1 rings (SSSR count). The van der Waals surface area contributed by atoms with Crippen LogP contribution in [0.4, 0.5) is 0 Å². The molecule has 0 aromatic carbocycles. The van der Waals surface area contributed by atoms with E-state index in [1.807, 2.05) is 0 Å². The minimum atomic E-state index is 0.0315. The molecule has 1 fully saturated rings. The number of aliphatic hydroxyl groups is 1. The second-order valence-electron chi connectivity index (χ2n) is 4.34. The first-order valence-corrected chi connectivity index (χ1v) is 6.83.